The molecule has 6 nitrogen and oxygen atoms in total. The molecule has 0 bridgehead atoms. The second-order valence-electron chi connectivity index (χ2n) is 18.4. The van der Waals surface area contributed by atoms with E-state index in [0.717, 1.165) is 56.3 Å². The summed E-state index contributed by atoms with van der Waals surface area (Å²) in [6, 6.07) is 81.1. The van der Waals surface area contributed by atoms with Gasteiger partial charge in [-0.3, -0.25) is 9.13 Å². The first-order chi connectivity index (χ1) is 34.7. The number of pyridine rings is 1. The number of nitrogens with zero attached hydrogens (tertiary/aromatic N) is 5. The summed E-state index contributed by atoms with van der Waals surface area (Å²) in [5.41, 5.74) is 14.7. The van der Waals surface area contributed by atoms with Crippen molar-refractivity contribution in [1.29, 1.82) is 0 Å². The molecule has 1 atom stereocenters. The number of fused-ring (bicyclic) bond motifs is 12. The maximum atomic E-state index is 5.46. The summed E-state index contributed by atoms with van der Waals surface area (Å²) in [6.07, 6.45) is 6.67. The first-order valence-corrected chi connectivity index (χ1v) is 24.0. The lowest BCUT2D eigenvalue weighted by Crippen LogP contribution is -2.24. The van der Waals surface area contributed by atoms with E-state index >= 15 is 0 Å². The number of dihydropyridines is 1. The Balaban J connectivity index is 0.840. The van der Waals surface area contributed by atoms with Gasteiger partial charge in [-0.25, -0.2) is 4.98 Å². The van der Waals surface area contributed by atoms with E-state index in [1.165, 1.54) is 70.7 Å². The highest BCUT2D eigenvalue weighted by Crippen LogP contribution is 2.41. The molecule has 1 N–H and O–H groups in total. The standard InChI is InChI=1S/C64H42N6/c1-7-29-55-45(21-1)46-22-2-8-30-56(46)67(55)43-19-13-17-41(37-43)53-27-15-35-63(65-53)69-59-33-11-5-25-49(59)51-40-62-52(39-61(51)69)50-26-6-12-34-60(50)70(62)64-36-16-28-54(66-64)42-18-14-20-44(38-42)68-57-31-9-3-23-47(57)48-24-4-10-32-58(48)68/h1-40,53,65H. The molecule has 70 heavy (non-hydrogen) atoms. The van der Waals surface area contributed by atoms with Crippen molar-refractivity contribution in [2.45, 2.75) is 6.04 Å². The molecule has 0 amide bonds. The Morgan fingerprint density at radius 2 is 0.786 bits per heavy atom. The quantitative estimate of drug-likeness (QED) is 0.181. The zero-order valence-electron chi connectivity index (χ0n) is 37.9. The Kier molecular flexibility index (Phi) is 8.32. The summed E-state index contributed by atoms with van der Waals surface area (Å²) < 4.78 is 9.51. The van der Waals surface area contributed by atoms with E-state index in [2.05, 4.69) is 266 Å². The molecule has 1 unspecified atom stereocenters. The third-order valence-electron chi connectivity index (χ3n) is 14.6. The van der Waals surface area contributed by atoms with Gasteiger partial charge in [0.1, 0.15) is 11.6 Å². The van der Waals surface area contributed by atoms with E-state index < -0.39 is 0 Å². The molecule has 328 valence electrons. The second kappa shape index (κ2) is 15.1. The van der Waals surface area contributed by atoms with Crippen molar-refractivity contribution in [3.8, 4) is 28.5 Å². The van der Waals surface area contributed by atoms with Gasteiger partial charge in [-0.2, -0.15) is 0 Å². The molecule has 1 aliphatic heterocycles. The zero-order valence-corrected chi connectivity index (χ0v) is 37.9. The fourth-order valence-electron chi connectivity index (χ4n) is 11.6. The molecule has 0 saturated heterocycles. The summed E-state index contributed by atoms with van der Waals surface area (Å²) in [5, 5.41) is 13.7. The SMILES string of the molecule is C1=CC(c2cccc(-n3c4ccccc4c4ccccc43)c2)NC(n2c3ccccc3c3cc4c(cc32)c2ccccc2n4-c2cccc(-c3cccc(-n4c5ccccc5c5ccccc54)c3)n2)=C1. The van der Waals surface area contributed by atoms with Crippen molar-refractivity contribution in [3.63, 3.8) is 0 Å². The molecule has 0 fully saturated rings. The molecular formula is C64H42N6. The zero-order chi connectivity index (χ0) is 45.9. The van der Waals surface area contributed by atoms with Crippen molar-refractivity contribution >= 4 is 93.0 Å². The van der Waals surface area contributed by atoms with E-state index in [1.54, 1.807) is 0 Å². The topological polar surface area (TPSA) is 44.6 Å². The number of para-hydroxylation sites is 6. The van der Waals surface area contributed by atoms with Gasteiger partial charge >= 0.3 is 0 Å². The van der Waals surface area contributed by atoms with Gasteiger partial charge in [0.25, 0.3) is 0 Å². The maximum absolute atomic E-state index is 5.46. The van der Waals surface area contributed by atoms with Crippen LogP contribution >= 0.6 is 0 Å². The van der Waals surface area contributed by atoms with Crippen LogP contribution in [0.3, 0.4) is 0 Å². The van der Waals surface area contributed by atoms with E-state index in [9.17, 15) is 0 Å². The van der Waals surface area contributed by atoms with E-state index in [-0.39, 0.29) is 6.04 Å². The molecule has 9 aromatic carbocycles. The van der Waals surface area contributed by atoms with Crippen LogP contribution in [0.25, 0.3) is 121 Å². The fourth-order valence-corrected chi connectivity index (χ4v) is 11.6. The van der Waals surface area contributed by atoms with Crippen LogP contribution in [0.1, 0.15) is 11.6 Å². The smallest absolute Gasteiger partial charge is 0.138 e. The number of benzene rings is 9. The molecular weight excluding hydrogens is 853 g/mol. The minimum atomic E-state index is -0.0454. The number of rotatable bonds is 6. The minimum absolute atomic E-state index is 0.0454. The van der Waals surface area contributed by atoms with Crippen molar-refractivity contribution in [1.82, 2.24) is 28.6 Å². The minimum Gasteiger partial charge on any atom is -0.361 e. The molecule has 14 aromatic rings. The molecule has 1 aliphatic rings. The Morgan fingerprint density at radius 3 is 1.34 bits per heavy atom. The summed E-state index contributed by atoms with van der Waals surface area (Å²) in [7, 11) is 0. The van der Waals surface area contributed by atoms with Gasteiger partial charge in [0.15, 0.2) is 0 Å². The van der Waals surface area contributed by atoms with Gasteiger partial charge in [0.2, 0.25) is 0 Å². The number of nitrogens with one attached hydrogen (secondary N) is 1. The van der Waals surface area contributed by atoms with Crippen molar-refractivity contribution < 1.29 is 0 Å². The first kappa shape index (κ1) is 38.7. The third kappa shape index (κ3) is 5.71. The van der Waals surface area contributed by atoms with Crippen LogP contribution in [0.4, 0.5) is 0 Å². The lowest BCUT2D eigenvalue weighted by molar-refractivity contribution is 0.735. The van der Waals surface area contributed by atoms with Crippen LogP contribution < -0.4 is 5.32 Å². The monoisotopic (exact) mass is 894 g/mol. The fraction of sp³-hybridized carbons (Fsp3) is 0.0156. The van der Waals surface area contributed by atoms with Crippen LogP contribution in [0, 0.1) is 0 Å². The van der Waals surface area contributed by atoms with Gasteiger partial charge in [0.05, 0.1) is 55.9 Å². The Morgan fingerprint density at radius 1 is 0.343 bits per heavy atom. The Labute approximate surface area is 402 Å². The van der Waals surface area contributed by atoms with Crippen LogP contribution in [0.2, 0.25) is 0 Å². The van der Waals surface area contributed by atoms with Crippen LogP contribution in [-0.4, -0.2) is 23.3 Å². The van der Waals surface area contributed by atoms with Crippen molar-refractivity contribution in [2.24, 2.45) is 0 Å². The van der Waals surface area contributed by atoms with E-state index in [4.69, 9.17) is 4.98 Å². The maximum Gasteiger partial charge on any atom is 0.138 e. The van der Waals surface area contributed by atoms with Gasteiger partial charge in [-0.1, -0.05) is 152 Å². The molecule has 5 aromatic heterocycles. The van der Waals surface area contributed by atoms with Gasteiger partial charge in [-0.15, -0.1) is 0 Å². The lowest BCUT2D eigenvalue weighted by Gasteiger charge is -2.24. The second-order valence-corrected chi connectivity index (χ2v) is 18.4. The number of hydrogen-bond donors (Lipinski definition) is 1. The predicted molar refractivity (Wildman–Crippen MR) is 291 cm³/mol. The van der Waals surface area contributed by atoms with Gasteiger partial charge in [0, 0.05) is 60.0 Å². The molecule has 0 aliphatic carbocycles. The predicted octanol–water partition coefficient (Wildman–Crippen LogP) is 15.8. The van der Waals surface area contributed by atoms with Crippen LogP contribution in [0.5, 0.6) is 0 Å². The highest BCUT2D eigenvalue weighted by molar-refractivity contribution is 6.19. The Bertz CT molecular complexity index is 4430. The largest absolute Gasteiger partial charge is 0.361 e. The highest BCUT2D eigenvalue weighted by Gasteiger charge is 2.23. The molecule has 0 radical (unpaired) electrons. The third-order valence-corrected chi connectivity index (χ3v) is 14.6. The van der Waals surface area contributed by atoms with Crippen molar-refractivity contribution in [3.05, 3.63) is 248 Å². The molecule has 6 heteroatoms. The summed E-state index contributed by atoms with van der Waals surface area (Å²) in [5.74, 6) is 1.91. The molecule has 15 rings (SSSR count). The van der Waals surface area contributed by atoms with Crippen LogP contribution in [-0.2, 0) is 0 Å². The highest BCUT2D eigenvalue weighted by atomic mass is 15.2. The van der Waals surface area contributed by atoms with E-state index in [0.29, 0.717) is 0 Å². The van der Waals surface area contributed by atoms with Gasteiger partial charge in [-0.05, 0) is 96.6 Å². The summed E-state index contributed by atoms with van der Waals surface area (Å²) >= 11 is 0. The Hall–Kier alpha value is -9.39. The van der Waals surface area contributed by atoms with Crippen molar-refractivity contribution in [2.75, 3.05) is 0 Å². The van der Waals surface area contributed by atoms with Gasteiger partial charge < -0.3 is 14.5 Å². The summed E-state index contributed by atoms with van der Waals surface area (Å²) in [4.78, 5) is 5.46. The number of allylic oxidation sites excluding steroid dienone is 2. The molecule has 0 spiro atoms. The molecule has 6 heterocycles. The normalized spacial score (nSPS) is 14.0. The average Bonchev–Trinajstić information content (AvgIpc) is 4.15. The first-order valence-electron chi connectivity index (χ1n) is 24.0. The molecule has 0 saturated carbocycles. The van der Waals surface area contributed by atoms with Crippen LogP contribution in [0.15, 0.2) is 243 Å². The number of hydrogen-bond acceptors (Lipinski definition) is 2. The lowest BCUT2D eigenvalue weighted by atomic mass is 10.0. The summed E-state index contributed by atoms with van der Waals surface area (Å²) in [6.45, 7) is 0. The average molecular weight is 895 g/mol. The number of aromatic nitrogens is 5. The van der Waals surface area contributed by atoms with E-state index in [1.807, 2.05) is 0 Å².